The lowest BCUT2D eigenvalue weighted by Gasteiger charge is -2.43. The van der Waals surface area contributed by atoms with Gasteiger partial charge in [-0.15, -0.1) is 0 Å². The van der Waals surface area contributed by atoms with Gasteiger partial charge in [0.15, 0.2) is 0 Å². The van der Waals surface area contributed by atoms with E-state index in [1.807, 2.05) is 36.7 Å². The largest absolute Gasteiger partial charge is 0.350 e. The molecule has 182 valence electrons. The fraction of sp³-hybridized carbons (Fsp3) is 0.538. The second-order valence-corrected chi connectivity index (χ2v) is 10.8. The highest BCUT2D eigenvalue weighted by Gasteiger charge is 2.56. The molecular formula is C26H35N5O3. The van der Waals surface area contributed by atoms with Crippen molar-refractivity contribution >= 4 is 17.8 Å². The van der Waals surface area contributed by atoms with Crippen LogP contribution in [0.1, 0.15) is 62.5 Å². The minimum Gasteiger partial charge on any atom is -0.350 e. The molecule has 2 heterocycles. The first-order valence-electron chi connectivity index (χ1n) is 12.0. The number of rotatable bonds is 6. The number of nitrogens with zero attached hydrogens (tertiary/aromatic N) is 3. The topological polar surface area (TPSA) is 96.3 Å². The Kier molecular flexibility index (Phi) is 6.27. The third-order valence-corrected chi connectivity index (χ3v) is 7.09. The van der Waals surface area contributed by atoms with Gasteiger partial charge in [0.2, 0.25) is 5.91 Å². The molecule has 2 atom stereocenters. The molecule has 8 heteroatoms. The molecular weight excluding hydrogens is 430 g/mol. The summed E-state index contributed by atoms with van der Waals surface area (Å²) in [4.78, 5) is 39.7. The van der Waals surface area contributed by atoms with Crippen LogP contribution in [0.5, 0.6) is 0 Å². The maximum Gasteiger partial charge on any atom is 0.325 e. The van der Waals surface area contributed by atoms with Crippen molar-refractivity contribution in [1.82, 2.24) is 25.3 Å². The van der Waals surface area contributed by atoms with Gasteiger partial charge >= 0.3 is 6.03 Å². The average Bonchev–Trinajstić information content (AvgIpc) is 3.12. The molecule has 2 aromatic rings. The summed E-state index contributed by atoms with van der Waals surface area (Å²) in [6.07, 6.45) is 2.21. The Morgan fingerprint density at radius 2 is 1.88 bits per heavy atom. The van der Waals surface area contributed by atoms with Gasteiger partial charge in [-0.25, -0.2) is 4.79 Å². The molecule has 1 saturated carbocycles. The van der Waals surface area contributed by atoms with Crippen LogP contribution in [-0.4, -0.2) is 44.6 Å². The summed E-state index contributed by atoms with van der Waals surface area (Å²) in [6, 6.07) is 9.60. The van der Waals surface area contributed by atoms with Crippen molar-refractivity contribution in [2.24, 2.45) is 11.3 Å². The number of imide groups is 1. The summed E-state index contributed by atoms with van der Waals surface area (Å²) in [5, 5.41) is 10.4. The predicted molar refractivity (Wildman–Crippen MR) is 129 cm³/mol. The van der Waals surface area contributed by atoms with Crippen LogP contribution in [0.3, 0.4) is 0 Å². The van der Waals surface area contributed by atoms with Crippen molar-refractivity contribution in [3.8, 4) is 0 Å². The minimum absolute atomic E-state index is 0.0478. The summed E-state index contributed by atoms with van der Waals surface area (Å²) < 4.78 is 1.93. The summed E-state index contributed by atoms with van der Waals surface area (Å²) in [5.74, 6) is -0.325. The first kappa shape index (κ1) is 24.0. The van der Waals surface area contributed by atoms with E-state index in [9.17, 15) is 14.4 Å². The normalized spacial score (nSPS) is 23.9. The summed E-state index contributed by atoms with van der Waals surface area (Å²) in [7, 11) is 0. The van der Waals surface area contributed by atoms with Gasteiger partial charge in [-0.05, 0) is 50.0 Å². The van der Waals surface area contributed by atoms with E-state index in [0.29, 0.717) is 31.8 Å². The van der Waals surface area contributed by atoms with E-state index in [2.05, 4.69) is 48.6 Å². The third kappa shape index (κ3) is 4.72. The zero-order chi connectivity index (χ0) is 24.7. The van der Waals surface area contributed by atoms with Crippen molar-refractivity contribution in [2.75, 3.05) is 6.54 Å². The number of carbonyl (C=O) groups is 3. The van der Waals surface area contributed by atoms with Crippen LogP contribution >= 0.6 is 0 Å². The van der Waals surface area contributed by atoms with E-state index in [-0.39, 0.29) is 23.8 Å². The molecule has 8 nitrogen and oxygen atoms in total. The van der Waals surface area contributed by atoms with Crippen LogP contribution < -0.4 is 10.6 Å². The van der Waals surface area contributed by atoms with Gasteiger partial charge in [-0.1, -0.05) is 51.1 Å². The Hall–Kier alpha value is -3.16. The lowest BCUT2D eigenvalue weighted by molar-refractivity contribution is -0.137. The van der Waals surface area contributed by atoms with Gasteiger partial charge < -0.3 is 10.6 Å². The highest BCUT2D eigenvalue weighted by molar-refractivity contribution is 6.09. The van der Waals surface area contributed by atoms with Crippen molar-refractivity contribution in [3.05, 3.63) is 52.8 Å². The second kappa shape index (κ2) is 8.89. The summed E-state index contributed by atoms with van der Waals surface area (Å²) >= 11 is 0. The molecule has 4 amide bonds. The molecule has 2 N–H and O–H groups in total. The minimum atomic E-state index is -0.899. The van der Waals surface area contributed by atoms with Gasteiger partial charge in [-0.3, -0.25) is 19.2 Å². The molecule has 4 rings (SSSR count). The fourth-order valence-electron chi connectivity index (χ4n) is 5.94. The van der Waals surface area contributed by atoms with Crippen LogP contribution in [-0.2, 0) is 22.7 Å². The zero-order valence-corrected chi connectivity index (χ0v) is 20.8. The van der Waals surface area contributed by atoms with Crippen LogP contribution in [0.25, 0.3) is 0 Å². The smallest absolute Gasteiger partial charge is 0.325 e. The molecule has 1 saturated heterocycles. The number of nitrogens with one attached hydrogen (secondary N) is 2. The van der Waals surface area contributed by atoms with Gasteiger partial charge in [0.25, 0.3) is 5.91 Å². The average molecular weight is 466 g/mol. The van der Waals surface area contributed by atoms with Crippen molar-refractivity contribution in [1.29, 1.82) is 0 Å². The first-order valence-corrected chi connectivity index (χ1v) is 12.0. The monoisotopic (exact) mass is 465 g/mol. The van der Waals surface area contributed by atoms with Gasteiger partial charge in [-0.2, -0.15) is 5.10 Å². The van der Waals surface area contributed by atoms with E-state index < -0.39 is 11.6 Å². The number of benzene rings is 1. The quantitative estimate of drug-likeness (QED) is 0.640. The molecule has 0 bridgehead atoms. The Balaban J connectivity index is 1.39. The highest BCUT2D eigenvalue weighted by Crippen LogP contribution is 2.46. The SMILES string of the molecule is Cc1nn(Cc2ccccc2)c(C)c1CNC(=O)CN1C(=O)N[C@]2(C[C@H](C)CC(C)(C)C2)C1=O. The maximum atomic E-state index is 13.3. The van der Waals surface area contributed by atoms with Gasteiger partial charge in [0, 0.05) is 17.8 Å². The lowest BCUT2D eigenvalue weighted by atomic mass is 9.64. The molecule has 2 aliphatic rings. The number of urea groups is 1. The number of carbonyl (C=O) groups excluding carboxylic acids is 3. The van der Waals surface area contributed by atoms with Crippen molar-refractivity contribution < 1.29 is 14.4 Å². The number of hydrogen-bond acceptors (Lipinski definition) is 4. The Morgan fingerprint density at radius 3 is 2.56 bits per heavy atom. The van der Waals surface area contributed by atoms with E-state index in [4.69, 9.17) is 0 Å². The highest BCUT2D eigenvalue weighted by atomic mass is 16.2. The third-order valence-electron chi connectivity index (χ3n) is 7.09. The predicted octanol–water partition coefficient (Wildman–Crippen LogP) is 3.30. The number of aromatic nitrogens is 2. The van der Waals surface area contributed by atoms with Crippen LogP contribution in [0.2, 0.25) is 0 Å². The lowest BCUT2D eigenvalue weighted by Crippen LogP contribution is -2.54. The second-order valence-electron chi connectivity index (χ2n) is 10.8. The zero-order valence-electron chi connectivity index (χ0n) is 20.8. The summed E-state index contributed by atoms with van der Waals surface area (Å²) in [5.41, 5.74) is 2.98. The van der Waals surface area contributed by atoms with Gasteiger partial charge in [0.05, 0.1) is 12.2 Å². The van der Waals surface area contributed by atoms with Crippen LogP contribution in [0.15, 0.2) is 30.3 Å². The molecule has 1 aliphatic heterocycles. The molecule has 1 aromatic heterocycles. The molecule has 1 aliphatic carbocycles. The van der Waals surface area contributed by atoms with E-state index in [0.717, 1.165) is 33.8 Å². The van der Waals surface area contributed by atoms with Crippen molar-refractivity contribution in [2.45, 2.75) is 72.5 Å². The Labute approximate surface area is 201 Å². The van der Waals surface area contributed by atoms with Crippen LogP contribution in [0.4, 0.5) is 4.79 Å². The van der Waals surface area contributed by atoms with Crippen molar-refractivity contribution in [3.63, 3.8) is 0 Å². The van der Waals surface area contributed by atoms with E-state index in [1.54, 1.807) is 0 Å². The number of aryl methyl sites for hydroxylation is 1. The molecule has 1 aromatic carbocycles. The molecule has 2 fully saturated rings. The molecule has 0 radical (unpaired) electrons. The fourth-order valence-corrected chi connectivity index (χ4v) is 5.94. The molecule has 0 unspecified atom stereocenters. The standard InChI is InChI=1S/C26H35N5O3/c1-17-11-25(4,5)16-26(12-17)23(33)30(24(34)28-26)15-22(32)27-13-21-18(2)29-31(19(21)3)14-20-9-7-6-8-10-20/h6-10,17H,11-16H2,1-5H3,(H,27,32)(H,28,34)/t17-,26+/m1/s1. The van der Waals surface area contributed by atoms with Gasteiger partial charge in [0.1, 0.15) is 12.1 Å². The number of amides is 4. The first-order chi connectivity index (χ1) is 16.0. The Bertz CT molecular complexity index is 1110. The Morgan fingerprint density at radius 1 is 1.18 bits per heavy atom. The van der Waals surface area contributed by atoms with E-state index >= 15 is 0 Å². The molecule has 1 spiro atoms. The van der Waals surface area contributed by atoms with Crippen LogP contribution in [0, 0.1) is 25.2 Å². The number of hydrogen-bond donors (Lipinski definition) is 2. The maximum absolute atomic E-state index is 13.3. The molecule has 34 heavy (non-hydrogen) atoms. The summed E-state index contributed by atoms with van der Waals surface area (Å²) in [6.45, 7) is 10.9. The van der Waals surface area contributed by atoms with E-state index in [1.165, 1.54) is 0 Å².